The highest BCUT2D eigenvalue weighted by Gasteiger charge is 2.19. The van der Waals surface area contributed by atoms with E-state index in [1.807, 2.05) is 54.6 Å². The lowest BCUT2D eigenvalue weighted by Crippen LogP contribution is -2.39. The average molecular weight is 470 g/mol. The maximum Gasteiger partial charge on any atom is 0.323 e. The fourth-order valence-electron chi connectivity index (χ4n) is 3.54. The van der Waals surface area contributed by atoms with Crippen LogP contribution >= 0.6 is 0 Å². The molecule has 0 spiro atoms. The molecule has 8 nitrogen and oxygen atoms in total. The second-order valence-corrected chi connectivity index (χ2v) is 8.07. The molecule has 34 heavy (non-hydrogen) atoms. The van der Waals surface area contributed by atoms with Crippen LogP contribution in [0, 0.1) is 0 Å². The second kappa shape index (κ2) is 15.6. The average Bonchev–Trinajstić information content (AvgIpc) is 2.84. The predicted molar refractivity (Wildman–Crippen MR) is 130 cm³/mol. The summed E-state index contributed by atoms with van der Waals surface area (Å²) in [5.74, 6) is -0.736. The van der Waals surface area contributed by atoms with Gasteiger partial charge in [0.15, 0.2) is 0 Å². The summed E-state index contributed by atoms with van der Waals surface area (Å²) in [6.07, 6.45) is 4.29. The van der Waals surface area contributed by atoms with E-state index < -0.39 is 6.04 Å². The Morgan fingerprint density at radius 3 is 2.24 bits per heavy atom. The van der Waals surface area contributed by atoms with Crippen molar-refractivity contribution in [1.29, 1.82) is 0 Å². The monoisotopic (exact) mass is 469 g/mol. The molecule has 0 radical (unpaired) electrons. The van der Waals surface area contributed by atoms with Crippen LogP contribution in [-0.2, 0) is 32.1 Å². The van der Waals surface area contributed by atoms with Gasteiger partial charge >= 0.3 is 5.97 Å². The van der Waals surface area contributed by atoms with E-state index in [1.54, 1.807) is 12.4 Å². The third-order valence-corrected chi connectivity index (χ3v) is 5.30. The Balaban J connectivity index is 1.81. The van der Waals surface area contributed by atoms with Crippen LogP contribution in [0.15, 0.2) is 54.6 Å². The van der Waals surface area contributed by atoms with Crippen LogP contribution in [0.25, 0.3) is 0 Å². The normalized spacial score (nSPS) is 11.5. The first-order valence-electron chi connectivity index (χ1n) is 11.8. The summed E-state index contributed by atoms with van der Waals surface area (Å²) >= 11 is 0. The van der Waals surface area contributed by atoms with Gasteiger partial charge in [-0.2, -0.15) is 0 Å². The van der Waals surface area contributed by atoms with E-state index in [0.29, 0.717) is 38.1 Å². The molecular formula is C26H35N3O5. The van der Waals surface area contributed by atoms with Gasteiger partial charge in [0.05, 0.1) is 6.61 Å². The Morgan fingerprint density at radius 1 is 0.882 bits per heavy atom. The number of carbonyl (C=O) groups excluding carboxylic acids is 3. The molecule has 2 aromatic rings. The SMILES string of the molecule is CCOC(=O)[C@H](Cc1ccccc1)NCc1cccc(NC(=O)CCCCCCC(=O)NO)c1. The largest absolute Gasteiger partial charge is 0.465 e. The zero-order chi connectivity index (χ0) is 24.6. The summed E-state index contributed by atoms with van der Waals surface area (Å²) in [5, 5.41) is 14.7. The highest BCUT2D eigenvalue weighted by molar-refractivity contribution is 5.90. The molecule has 0 heterocycles. The molecule has 0 saturated heterocycles. The van der Waals surface area contributed by atoms with E-state index in [-0.39, 0.29) is 24.2 Å². The van der Waals surface area contributed by atoms with Crippen molar-refractivity contribution in [2.45, 2.75) is 64.5 Å². The van der Waals surface area contributed by atoms with E-state index in [0.717, 1.165) is 30.4 Å². The van der Waals surface area contributed by atoms with Gasteiger partial charge in [-0.3, -0.25) is 19.6 Å². The summed E-state index contributed by atoms with van der Waals surface area (Å²) < 4.78 is 5.23. The van der Waals surface area contributed by atoms with Crippen LogP contribution in [0.4, 0.5) is 5.69 Å². The lowest BCUT2D eigenvalue weighted by Gasteiger charge is -2.18. The van der Waals surface area contributed by atoms with Crippen molar-refractivity contribution in [2.24, 2.45) is 0 Å². The van der Waals surface area contributed by atoms with Crippen LogP contribution in [0.5, 0.6) is 0 Å². The minimum atomic E-state index is -0.468. The van der Waals surface area contributed by atoms with Crippen molar-refractivity contribution in [2.75, 3.05) is 11.9 Å². The first-order chi connectivity index (χ1) is 16.5. The van der Waals surface area contributed by atoms with Gasteiger partial charge in [0, 0.05) is 25.1 Å². The van der Waals surface area contributed by atoms with Crippen LogP contribution in [0.3, 0.4) is 0 Å². The van der Waals surface area contributed by atoms with Gasteiger partial charge in [0.2, 0.25) is 11.8 Å². The number of carbonyl (C=O) groups is 3. The Kier molecular flexibility index (Phi) is 12.4. The number of amides is 2. The van der Waals surface area contributed by atoms with E-state index in [9.17, 15) is 14.4 Å². The van der Waals surface area contributed by atoms with Crippen LogP contribution < -0.4 is 16.1 Å². The van der Waals surface area contributed by atoms with E-state index >= 15 is 0 Å². The fourth-order valence-corrected chi connectivity index (χ4v) is 3.54. The van der Waals surface area contributed by atoms with Gasteiger partial charge in [-0.05, 0) is 49.4 Å². The quantitative estimate of drug-likeness (QED) is 0.137. The maximum absolute atomic E-state index is 12.4. The number of unbranched alkanes of at least 4 members (excludes halogenated alkanes) is 3. The highest BCUT2D eigenvalue weighted by atomic mass is 16.5. The van der Waals surface area contributed by atoms with Crippen LogP contribution in [-0.4, -0.2) is 35.6 Å². The van der Waals surface area contributed by atoms with Crippen molar-refractivity contribution >= 4 is 23.5 Å². The number of hydroxylamine groups is 1. The van der Waals surface area contributed by atoms with E-state index in [2.05, 4.69) is 10.6 Å². The molecular weight excluding hydrogens is 434 g/mol. The van der Waals surface area contributed by atoms with Gasteiger partial charge in [-0.1, -0.05) is 55.3 Å². The van der Waals surface area contributed by atoms with Gasteiger partial charge in [-0.15, -0.1) is 0 Å². The minimum Gasteiger partial charge on any atom is -0.465 e. The molecule has 0 saturated carbocycles. The molecule has 2 rings (SSSR count). The smallest absolute Gasteiger partial charge is 0.323 e. The standard InChI is InChI=1S/C26H35N3O5/c1-2-34-26(32)23(18-20-11-6-5-7-12-20)27-19-21-13-10-14-22(17-21)28-24(30)15-8-3-4-9-16-25(31)29-33/h5-7,10-14,17,23,27,33H,2-4,8-9,15-16,18-19H2,1H3,(H,28,30)(H,29,31)/t23-/m0/s1. The third-order valence-electron chi connectivity index (χ3n) is 5.30. The molecule has 0 unspecified atom stereocenters. The number of anilines is 1. The molecule has 2 aromatic carbocycles. The van der Waals surface area contributed by atoms with Gasteiger partial charge in [-0.25, -0.2) is 5.48 Å². The molecule has 4 N–H and O–H groups in total. The second-order valence-electron chi connectivity index (χ2n) is 8.07. The lowest BCUT2D eigenvalue weighted by molar-refractivity contribution is -0.145. The first-order valence-corrected chi connectivity index (χ1v) is 11.8. The number of hydrogen-bond acceptors (Lipinski definition) is 6. The molecule has 2 amide bonds. The van der Waals surface area contributed by atoms with Crippen LogP contribution in [0.2, 0.25) is 0 Å². The molecule has 1 atom stereocenters. The molecule has 0 bridgehead atoms. The molecule has 184 valence electrons. The Hall–Kier alpha value is -3.23. The number of rotatable bonds is 15. The Labute approximate surface area is 201 Å². The molecule has 0 aliphatic carbocycles. The maximum atomic E-state index is 12.4. The number of ether oxygens (including phenoxy) is 1. The number of benzene rings is 2. The zero-order valence-corrected chi connectivity index (χ0v) is 19.7. The highest BCUT2D eigenvalue weighted by Crippen LogP contribution is 2.13. The molecule has 8 heteroatoms. The van der Waals surface area contributed by atoms with Crippen molar-refractivity contribution in [1.82, 2.24) is 10.8 Å². The number of esters is 1. The lowest BCUT2D eigenvalue weighted by atomic mass is 10.1. The Morgan fingerprint density at radius 2 is 1.56 bits per heavy atom. The number of nitrogens with one attached hydrogen (secondary N) is 3. The van der Waals surface area contributed by atoms with Crippen LogP contribution in [0.1, 0.15) is 56.6 Å². The summed E-state index contributed by atoms with van der Waals surface area (Å²) in [4.78, 5) is 35.6. The van der Waals surface area contributed by atoms with Gasteiger partial charge < -0.3 is 15.4 Å². The van der Waals surface area contributed by atoms with Gasteiger partial charge in [0.25, 0.3) is 0 Å². The summed E-state index contributed by atoms with van der Waals surface area (Å²) in [6, 6.07) is 16.9. The topological polar surface area (TPSA) is 117 Å². The van der Waals surface area contributed by atoms with Gasteiger partial charge in [0.1, 0.15) is 6.04 Å². The predicted octanol–water partition coefficient (Wildman–Crippen LogP) is 3.74. The summed E-state index contributed by atoms with van der Waals surface area (Å²) in [6.45, 7) is 2.58. The van der Waals surface area contributed by atoms with E-state index in [1.165, 1.54) is 0 Å². The van der Waals surface area contributed by atoms with Crippen molar-refractivity contribution < 1.29 is 24.3 Å². The molecule has 0 aliphatic heterocycles. The molecule has 0 aromatic heterocycles. The van der Waals surface area contributed by atoms with Crippen molar-refractivity contribution in [3.05, 3.63) is 65.7 Å². The Bertz CT molecular complexity index is 904. The molecule has 0 aliphatic rings. The number of hydrogen-bond donors (Lipinski definition) is 4. The fraction of sp³-hybridized carbons (Fsp3) is 0.423. The summed E-state index contributed by atoms with van der Waals surface area (Å²) in [7, 11) is 0. The van der Waals surface area contributed by atoms with Crippen molar-refractivity contribution in [3.8, 4) is 0 Å². The summed E-state index contributed by atoms with van der Waals surface area (Å²) in [5.41, 5.74) is 4.31. The minimum absolute atomic E-state index is 0.0633. The third kappa shape index (κ3) is 10.6. The van der Waals surface area contributed by atoms with Crippen molar-refractivity contribution in [3.63, 3.8) is 0 Å². The van der Waals surface area contributed by atoms with E-state index in [4.69, 9.17) is 9.94 Å². The first kappa shape index (κ1) is 27.0. The molecule has 0 fully saturated rings. The zero-order valence-electron chi connectivity index (χ0n) is 19.7.